The van der Waals surface area contributed by atoms with Crippen LogP contribution >= 0.6 is 14.2 Å². The van der Waals surface area contributed by atoms with Crippen molar-refractivity contribution in [2.75, 3.05) is 0 Å². The molecule has 0 radical (unpaired) electrons. The first-order valence-corrected chi connectivity index (χ1v) is 3.41. The summed E-state index contributed by atoms with van der Waals surface area (Å²) in [6.07, 6.45) is 2.50. The van der Waals surface area contributed by atoms with Crippen LogP contribution in [0.4, 0.5) is 0 Å². The number of hydrogen-bond acceptors (Lipinski definition) is 0. The van der Waals surface area contributed by atoms with E-state index in [9.17, 15) is 0 Å². The SMILES string of the molecule is C=[C-]C.[Ni][Br]. The Kier molecular flexibility index (Phi) is 40.8. The van der Waals surface area contributed by atoms with Gasteiger partial charge in [0.05, 0.1) is 0 Å². The molecule has 0 nitrogen and oxygen atoms in total. The molecule has 0 atom stereocenters. The average molecular weight is 180 g/mol. The van der Waals surface area contributed by atoms with Crippen molar-refractivity contribution < 1.29 is 13.7 Å². The van der Waals surface area contributed by atoms with Crippen molar-refractivity contribution in [1.82, 2.24) is 0 Å². The topological polar surface area (TPSA) is 0 Å². The molecule has 0 bridgehead atoms. The molecule has 0 aromatic heterocycles. The Morgan fingerprint density at radius 3 is 1.80 bits per heavy atom. The fraction of sp³-hybridized carbons (Fsp3) is 0.333. The van der Waals surface area contributed by atoms with Gasteiger partial charge in [0.15, 0.2) is 0 Å². The molecule has 0 saturated carbocycles. The fourth-order valence-corrected chi connectivity index (χ4v) is 0. The number of allylic oxidation sites excluding steroid dienone is 1. The van der Waals surface area contributed by atoms with E-state index >= 15 is 0 Å². The summed E-state index contributed by atoms with van der Waals surface area (Å²) in [6, 6.07) is 0. The summed E-state index contributed by atoms with van der Waals surface area (Å²) in [6.45, 7) is 5.00. The van der Waals surface area contributed by atoms with Gasteiger partial charge in [-0.2, -0.15) is 6.92 Å². The molecule has 35 valence electrons. The van der Waals surface area contributed by atoms with Crippen LogP contribution in [0.3, 0.4) is 0 Å². The Bertz CT molecular complexity index is 14.4. The van der Waals surface area contributed by atoms with Gasteiger partial charge in [-0.15, -0.1) is 0 Å². The first-order chi connectivity index (χ1) is 2.41. The van der Waals surface area contributed by atoms with E-state index in [4.69, 9.17) is 0 Å². The third kappa shape index (κ3) is 68.2. The molecule has 0 saturated heterocycles. The van der Waals surface area contributed by atoms with E-state index in [1.54, 1.807) is 6.92 Å². The molecule has 0 spiro atoms. The van der Waals surface area contributed by atoms with Crippen molar-refractivity contribution >= 4 is 14.2 Å². The molecule has 0 aliphatic heterocycles. The molecule has 0 N–H and O–H groups in total. The first-order valence-electron chi connectivity index (χ1n) is 0.973. The van der Waals surface area contributed by atoms with Crippen LogP contribution in [0.25, 0.3) is 0 Å². The maximum atomic E-state index is 3.69. The summed E-state index contributed by atoms with van der Waals surface area (Å²) in [4.78, 5) is 0. The molecule has 0 aromatic carbocycles. The van der Waals surface area contributed by atoms with Crippen molar-refractivity contribution in [3.8, 4) is 0 Å². The van der Waals surface area contributed by atoms with Crippen LogP contribution in [-0.4, -0.2) is 0 Å². The van der Waals surface area contributed by atoms with E-state index < -0.39 is 0 Å². The van der Waals surface area contributed by atoms with E-state index in [1.165, 1.54) is 0 Å². The Balaban J connectivity index is 0. The molecular formula is C3H5BrNi-. The van der Waals surface area contributed by atoms with E-state index in [2.05, 4.69) is 40.6 Å². The predicted octanol–water partition coefficient (Wildman–Crippen LogP) is 1.84. The quantitative estimate of drug-likeness (QED) is 0.393. The Labute approximate surface area is 47.8 Å². The minimum absolute atomic E-state index is 1.76. The average Bonchev–Trinajstić information content (AvgIpc) is 1.46. The zero-order valence-corrected chi connectivity index (χ0v) is 5.47. The third-order valence-corrected chi connectivity index (χ3v) is 0. The van der Waals surface area contributed by atoms with Gasteiger partial charge in [-0.3, -0.25) is 6.58 Å². The maximum absolute atomic E-state index is 3.69. The van der Waals surface area contributed by atoms with Crippen LogP contribution in [0.2, 0.25) is 0 Å². The molecule has 0 aliphatic rings. The van der Waals surface area contributed by atoms with Crippen molar-refractivity contribution in [2.45, 2.75) is 6.92 Å². The fourth-order valence-electron chi connectivity index (χ4n) is 0. The van der Waals surface area contributed by atoms with Crippen LogP contribution in [0, 0.1) is 6.08 Å². The van der Waals surface area contributed by atoms with Gasteiger partial charge in [0.1, 0.15) is 0 Å². The second kappa shape index (κ2) is 22.1. The van der Waals surface area contributed by atoms with Crippen LogP contribution in [-0.2, 0) is 13.7 Å². The number of rotatable bonds is 0. The summed E-state index contributed by atoms with van der Waals surface area (Å²) in [5.41, 5.74) is 0. The summed E-state index contributed by atoms with van der Waals surface area (Å²) in [5.74, 6) is 0. The Morgan fingerprint density at radius 2 is 1.80 bits per heavy atom. The summed E-state index contributed by atoms with van der Waals surface area (Å²) in [5, 5.41) is 0. The monoisotopic (exact) mass is 178 g/mol. The second-order valence-corrected chi connectivity index (χ2v) is 0.354. The molecule has 0 fully saturated rings. The van der Waals surface area contributed by atoms with Crippen LogP contribution in [0.15, 0.2) is 6.58 Å². The number of halogens is 1. The van der Waals surface area contributed by atoms with Crippen LogP contribution in [0.5, 0.6) is 0 Å². The van der Waals surface area contributed by atoms with Gasteiger partial charge in [0, 0.05) is 0 Å². The van der Waals surface area contributed by atoms with Crippen molar-refractivity contribution in [3.05, 3.63) is 12.7 Å². The molecule has 0 aliphatic carbocycles. The van der Waals surface area contributed by atoms with Gasteiger partial charge in [-0.25, -0.2) is 0 Å². The van der Waals surface area contributed by atoms with Gasteiger partial charge in [0.2, 0.25) is 0 Å². The van der Waals surface area contributed by atoms with E-state index in [1.807, 2.05) is 0 Å². The van der Waals surface area contributed by atoms with Crippen molar-refractivity contribution in [3.63, 3.8) is 0 Å². The zero-order chi connectivity index (χ0) is 4.71. The minimum atomic E-state index is 1.76. The van der Waals surface area contributed by atoms with Crippen molar-refractivity contribution in [1.29, 1.82) is 0 Å². The predicted molar refractivity (Wildman–Crippen MR) is 23.5 cm³/mol. The second-order valence-electron chi connectivity index (χ2n) is 0.354. The normalized spacial score (nSPS) is 4.00. The van der Waals surface area contributed by atoms with Gasteiger partial charge in [0.25, 0.3) is 0 Å². The van der Waals surface area contributed by atoms with E-state index in [0.717, 1.165) is 0 Å². The third-order valence-electron chi connectivity index (χ3n) is 0. The molecule has 0 unspecified atom stereocenters. The molecule has 0 heterocycles. The van der Waals surface area contributed by atoms with Gasteiger partial charge in [-0.1, -0.05) is 0 Å². The van der Waals surface area contributed by atoms with Gasteiger partial charge in [-0.05, 0) is 0 Å². The Hall–Kier alpha value is 0.714. The number of hydrogen-bond donors (Lipinski definition) is 0. The van der Waals surface area contributed by atoms with Crippen LogP contribution in [0.1, 0.15) is 6.92 Å². The summed E-state index contributed by atoms with van der Waals surface area (Å²) < 4.78 is 0. The van der Waals surface area contributed by atoms with Crippen LogP contribution < -0.4 is 0 Å². The summed E-state index contributed by atoms with van der Waals surface area (Å²) >= 11 is 6.25. The zero-order valence-electron chi connectivity index (χ0n) is 2.90. The van der Waals surface area contributed by atoms with Gasteiger partial charge >= 0.3 is 27.9 Å². The van der Waals surface area contributed by atoms with E-state index in [-0.39, 0.29) is 0 Å². The molecule has 2 heteroatoms. The molecule has 0 aromatic rings. The first kappa shape index (κ1) is 9.20. The van der Waals surface area contributed by atoms with Gasteiger partial charge < -0.3 is 6.08 Å². The molecule has 0 amide bonds. The van der Waals surface area contributed by atoms with Crippen molar-refractivity contribution in [2.24, 2.45) is 0 Å². The Morgan fingerprint density at radius 1 is 1.80 bits per heavy atom. The summed E-state index contributed by atoms with van der Waals surface area (Å²) in [7, 11) is 0. The molecular weight excluding hydrogens is 175 g/mol. The van der Waals surface area contributed by atoms with E-state index in [0.29, 0.717) is 0 Å². The molecule has 5 heavy (non-hydrogen) atoms. The standard InChI is InChI=1S/C3H5.BrH.Ni/c1-3-2;;/h1H2,2H3;1H;/q-1;;+1/p-1. The molecule has 0 rings (SSSR count).